The SMILES string of the molecule is CCN(CC)S(=O)(=O)c1cccc(NC(=O)CSC(C)C(=O)O)c1. The molecule has 1 unspecified atom stereocenters. The lowest BCUT2D eigenvalue weighted by Gasteiger charge is -2.18. The molecule has 0 bridgehead atoms. The fourth-order valence-electron chi connectivity index (χ4n) is 1.92. The van der Waals surface area contributed by atoms with Gasteiger partial charge in [0.25, 0.3) is 0 Å². The summed E-state index contributed by atoms with van der Waals surface area (Å²) in [6.07, 6.45) is 0. The summed E-state index contributed by atoms with van der Waals surface area (Å²) in [4.78, 5) is 22.7. The van der Waals surface area contributed by atoms with Crippen LogP contribution in [0.3, 0.4) is 0 Å². The van der Waals surface area contributed by atoms with Gasteiger partial charge >= 0.3 is 5.97 Å². The van der Waals surface area contributed by atoms with Crippen molar-refractivity contribution in [3.63, 3.8) is 0 Å². The molecule has 2 N–H and O–H groups in total. The number of anilines is 1. The number of sulfonamides is 1. The zero-order chi connectivity index (χ0) is 18.3. The summed E-state index contributed by atoms with van der Waals surface area (Å²) in [6.45, 7) is 5.73. The number of aliphatic carboxylic acids is 1. The van der Waals surface area contributed by atoms with E-state index < -0.39 is 21.2 Å². The molecule has 0 radical (unpaired) electrons. The molecule has 134 valence electrons. The highest BCUT2D eigenvalue weighted by Gasteiger charge is 2.22. The summed E-state index contributed by atoms with van der Waals surface area (Å²) in [6, 6.07) is 6.02. The van der Waals surface area contributed by atoms with Gasteiger partial charge in [-0.25, -0.2) is 8.42 Å². The molecule has 1 rings (SSSR count). The van der Waals surface area contributed by atoms with Crippen molar-refractivity contribution in [2.75, 3.05) is 24.2 Å². The molecule has 9 heteroatoms. The molecule has 1 aromatic carbocycles. The van der Waals surface area contributed by atoms with E-state index in [1.807, 2.05) is 0 Å². The number of thioether (sulfide) groups is 1. The van der Waals surface area contributed by atoms with Crippen LogP contribution in [0.15, 0.2) is 29.2 Å². The van der Waals surface area contributed by atoms with E-state index in [0.29, 0.717) is 18.8 Å². The van der Waals surface area contributed by atoms with Crippen LogP contribution in [-0.4, -0.2) is 53.8 Å². The van der Waals surface area contributed by atoms with E-state index in [0.717, 1.165) is 11.8 Å². The third-order valence-electron chi connectivity index (χ3n) is 3.27. The molecule has 1 amide bonds. The first-order chi connectivity index (χ1) is 11.2. The van der Waals surface area contributed by atoms with Gasteiger partial charge in [0.2, 0.25) is 15.9 Å². The van der Waals surface area contributed by atoms with E-state index in [1.54, 1.807) is 26.0 Å². The summed E-state index contributed by atoms with van der Waals surface area (Å²) in [7, 11) is -3.60. The van der Waals surface area contributed by atoms with Crippen molar-refractivity contribution in [1.82, 2.24) is 4.31 Å². The van der Waals surface area contributed by atoms with Crippen molar-refractivity contribution in [2.45, 2.75) is 30.9 Å². The molecule has 0 aliphatic heterocycles. The van der Waals surface area contributed by atoms with Crippen molar-refractivity contribution in [3.05, 3.63) is 24.3 Å². The van der Waals surface area contributed by atoms with Crippen LogP contribution in [0.1, 0.15) is 20.8 Å². The Balaban J connectivity index is 2.82. The Hall–Kier alpha value is -1.58. The highest BCUT2D eigenvalue weighted by atomic mass is 32.2. The monoisotopic (exact) mass is 374 g/mol. The third kappa shape index (κ3) is 5.50. The molecule has 0 aliphatic carbocycles. The molecule has 1 atom stereocenters. The van der Waals surface area contributed by atoms with Crippen LogP contribution in [0.2, 0.25) is 0 Å². The number of amides is 1. The minimum Gasteiger partial charge on any atom is -0.480 e. The van der Waals surface area contributed by atoms with Crippen LogP contribution >= 0.6 is 11.8 Å². The van der Waals surface area contributed by atoms with Crippen LogP contribution < -0.4 is 5.32 Å². The van der Waals surface area contributed by atoms with Gasteiger partial charge in [-0.3, -0.25) is 9.59 Å². The lowest BCUT2D eigenvalue weighted by atomic mass is 10.3. The molecule has 7 nitrogen and oxygen atoms in total. The van der Waals surface area contributed by atoms with Crippen molar-refractivity contribution in [1.29, 1.82) is 0 Å². The number of hydrogen-bond acceptors (Lipinski definition) is 5. The zero-order valence-corrected chi connectivity index (χ0v) is 15.5. The Bertz CT molecular complexity index is 687. The van der Waals surface area contributed by atoms with Gasteiger partial charge in [-0.15, -0.1) is 11.8 Å². The second-order valence-corrected chi connectivity index (χ2v) is 8.22. The van der Waals surface area contributed by atoms with Crippen LogP contribution in [0.5, 0.6) is 0 Å². The highest BCUT2D eigenvalue weighted by Crippen LogP contribution is 2.20. The predicted octanol–water partition coefficient (Wildman–Crippen LogP) is 1.86. The van der Waals surface area contributed by atoms with E-state index in [9.17, 15) is 18.0 Å². The number of hydrogen-bond donors (Lipinski definition) is 2. The van der Waals surface area contributed by atoms with Crippen molar-refractivity contribution < 1.29 is 23.1 Å². The number of benzene rings is 1. The average molecular weight is 374 g/mol. The normalized spacial score (nSPS) is 12.8. The molecule has 0 fully saturated rings. The lowest BCUT2D eigenvalue weighted by Crippen LogP contribution is -2.30. The third-order valence-corrected chi connectivity index (χ3v) is 6.45. The summed E-state index contributed by atoms with van der Waals surface area (Å²) < 4.78 is 26.3. The second-order valence-electron chi connectivity index (χ2n) is 4.96. The van der Waals surface area contributed by atoms with Gasteiger partial charge in [-0.2, -0.15) is 4.31 Å². The molecule has 0 saturated carbocycles. The van der Waals surface area contributed by atoms with Gasteiger partial charge in [0.1, 0.15) is 0 Å². The first kappa shape index (κ1) is 20.5. The molecule has 24 heavy (non-hydrogen) atoms. The Morgan fingerprint density at radius 2 is 1.92 bits per heavy atom. The maximum Gasteiger partial charge on any atom is 0.316 e. The maximum absolute atomic E-state index is 12.5. The lowest BCUT2D eigenvalue weighted by molar-refractivity contribution is -0.136. The van der Waals surface area contributed by atoms with Crippen molar-refractivity contribution >= 4 is 39.3 Å². The van der Waals surface area contributed by atoms with Gasteiger partial charge in [-0.1, -0.05) is 19.9 Å². The number of nitrogens with one attached hydrogen (secondary N) is 1. The quantitative estimate of drug-likeness (QED) is 0.684. The number of carboxylic acids is 1. The Kier molecular flexibility index (Phi) is 7.71. The molecule has 0 spiro atoms. The van der Waals surface area contributed by atoms with Crippen LogP contribution in [0.25, 0.3) is 0 Å². The first-order valence-corrected chi connectivity index (χ1v) is 9.95. The number of carbonyl (C=O) groups is 2. The summed E-state index contributed by atoms with van der Waals surface area (Å²) in [5.41, 5.74) is 0.358. The largest absolute Gasteiger partial charge is 0.480 e. The number of carbonyl (C=O) groups excluding carboxylic acids is 1. The van der Waals surface area contributed by atoms with Crippen LogP contribution in [0, 0.1) is 0 Å². The number of carboxylic acid groups (broad SMARTS) is 1. The van der Waals surface area contributed by atoms with Crippen molar-refractivity contribution in [3.8, 4) is 0 Å². The molecule has 0 heterocycles. The van der Waals surface area contributed by atoms with E-state index in [-0.39, 0.29) is 16.6 Å². The Labute approximate surface area is 146 Å². The van der Waals surface area contributed by atoms with E-state index in [1.165, 1.54) is 23.4 Å². The van der Waals surface area contributed by atoms with Gasteiger partial charge in [-0.05, 0) is 25.1 Å². The van der Waals surface area contributed by atoms with E-state index in [4.69, 9.17) is 5.11 Å². The highest BCUT2D eigenvalue weighted by molar-refractivity contribution is 8.01. The van der Waals surface area contributed by atoms with E-state index >= 15 is 0 Å². The molecular formula is C15H22N2O5S2. The summed E-state index contributed by atoms with van der Waals surface area (Å²) >= 11 is 0.996. The molecule has 0 aromatic heterocycles. The minimum absolute atomic E-state index is 0.0273. The molecule has 1 aromatic rings. The molecular weight excluding hydrogens is 352 g/mol. The Morgan fingerprint density at radius 3 is 2.46 bits per heavy atom. The van der Waals surface area contributed by atoms with Crippen molar-refractivity contribution in [2.24, 2.45) is 0 Å². The second kappa shape index (κ2) is 9.05. The number of rotatable bonds is 9. The summed E-state index contributed by atoms with van der Waals surface area (Å²) in [5, 5.41) is 10.7. The minimum atomic E-state index is -3.60. The predicted molar refractivity (Wildman–Crippen MR) is 94.7 cm³/mol. The molecule has 0 aliphatic rings. The number of nitrogens with zero attached hydrogens (tertiary/aromatic N) is 1. The maximum atomic E-state index is 12.5. The van der Waals surface area contributed by atoms with Crippen LogP contribution in [0.4, 0.5) is 5.69 Å². The molecule has 0 saturated heterocycles. The average Bonchev–Trinajstić information content (AvgIpc) is 2.53. The topological polar surface area (TPSA) is 104 Å². The van der Waals surface area contributed by atoms with Gasteiger partial charge in [0, 0.05) is 18.8 Å². The van der Waals surface area contributed by atoms with E-state index in [2.05, 4.69) is 5.32 Å². The smallest absolute Gasteiger partial charge is 0.316 e. The zero-order valence-electron chi connectivity index (χ0n) is 13.9. The standard InChI is InChI=1S/C15H22N2O5S2/c1-4-17(5-2)24(21,22)13-8-6-7-12(9-13)16-14(18)10-23-11(3)15(19)20/h6-9,11H,4-5,10H2,1-3H3,(H,16,18)(H,19,20). The fraction of sp³-hybridized carbons (Fsp3) is 0.467. The fourth-order valence-corrected chi connectivity index (χ4v) is 4.04. The summed E-state index contributed by atoms with van der Waals surface area (Å²) in [5.74, 6) is -1.40. The first-order valence-electron chi connectivity index (χ1n) is 7.46. The van der Waals surface area contributed by atoms with Gasteiger partial charge in [0.05, 0.1) is 15.9 Å². The van der Waals surface area contributed by atoms with Gasteiger partial charge in [0.15, 0.2) is 0 Å². The Morgan fingerprint density at radius 1 is 1.29 bits per heavy atom. The van der Waals surface area contributed by atoms with Gasteiger partial charge < -0.3 is 10.4 Å². The van der Waals surface area contributed by atoms with Crippen LogP contribution in [-0.2, 0) is 19.6 Å².